The summed E-state index contributed by atoms with van der Waals surface area (Å²) >= 11 is 0. The minimum Gasteiger partial charge on any atom is -0.478 e. The summed E-state index contributed by atoms with van der Waals surface area (Å²) in [5, 5.41) is 17.9. The average molecular weight is 257 g/mol. The van der Waals surface area contributed by atoms with E-state index in [2.05, 4.69) is 0 Å². The molecule has 5 heteroatoms. The summed E-state index contributed by atoms with van der Waals surface area (Å²) < 4.78 is 18.4. The van der Waals surface area contributed by atoms with Gasteiger partial charge in [0.25, 0.3) is 0 Å². The number of hydrogen-bond donors (Lipinski definition) is 1. The van der Waals surface area contributed by atoms with Crippen molar-refractivity contribution >= 4 is 5.97 Å². The van der Waals surface area contributed by atoms with Crippen LogP contribution >= 0.6 is 0 Å². The van der Waals surface area contributed by atoms with Gasteiger partial charge in [-0.1, -0.05) is 12.1 Å². The van der Waals surface area contributed by atoms with Crippen molar-refractivity contribution in [1.82, 2.24) is 0 Å². The lowest BCUT2D eigenvalue weighted by Gasteiger charge is -2.09. The molecule has 2 aromatic carbocycles. The molecule has 0 spiro atoms. The van der Waals surface area contributed by atoms with E-state index in [1.54, 1.807) is 18.2 Å². The molecule has 0 bridgehead atoms. The lowest BCUT2D eigenvalue weighted by Crippen LogP contribution is -2.01. The van der Waals surface area contributed by atoms with E-state index >= 15 is 0 Å². The first-order valence-electron chi connectivity index (χ1n) is 5.31. The van der Waals surface area contributed by atoms with E-state index in [-0.39, 0.29) is 22.6 Å². The topological polar surface area (TPSA) is 70.3 Å². The molecule has 0 saturated carbocycles. The summed E-state index contributed by atoms with van der Waals surface area (Å²) in [5.41, 5.74) is -0.0316. The van der Waals surface area contributed by atoms with E-state index in [4.69, 9.17) is 15.1 Å². The van der Waals surface area contributed by atoms with Crippen LogP contribution in [0.1, 0.15) is 15.9 Å². The Balaban J connectivity index is 2.44. The highest BCUT2D eigenvalue weighted by Gasteiger charge is 2.14. The monoisotopic (exact) mass is 257 g/mol. The van der Waals surface area contributed by atoms with Crippen molar-refractivity contribution in [3.8, 4) is 17.6 Å². The molecule has 0 atom stereocenters. The van der Waals surface area contributed by atoms with Gasteiger partial charge in [0.15, 0.2) is 0 Å². The van der Waals surface area contributed by atoms with Crippen LogP contribution in [-0.2, 0) is 0 Å². The number of carboxylic acid groups (broad SMARTS) is 1. The zero-order chi connectivity index (χ0) is 13.8. The number of aromatic carboxylic acids is 1. The van der Waals surface area contributed by atoms with Crippen LogP contribution in [0.3, 0.4) is 0 Å². The van der Waals surface area contributed by atoms with Crippen molar-refractivity contribution in [2.45, 2.75) is 0 Å². The Bertz CT molecular complexity index is 677. The summed E-state index contributed by atoms with van der Waals surface area (Å²) in [6, 6.07) is 11.5. The predicted molar refractivity (Wildman–Crippen MR) is 64.6 cm³/mol. The number of nitriles is 1. The van der Waals surface area contributed by atoms with Crippen molar-refractivity contribution < 1.29 is 19.0 Å². The maximum absolute atomic E-state index is 13.0. The summed E-state index contributed by atoms with van der Waals surface area (Å²) in [6.07, 6.45) is 0. The van der Waals surface area contributed by atoms with E-state index in [0.717, 1.165) is 12.1 Å². The molecule has 1 N–H and O–H groups in total. The molecule has 0 unspecified atom stereocenters. The SMILES string of the molecule is N#Cc1ccccc1Oc1ccc(F)cc1C(=O)O. The number of rotatable bonds is 3. The van der Waals surface area contributed by atoms with Crippen LogP contribution in [0.25, 0.3) is 0 Å². The highest BCUT2D eigenvalue weighted by atomic mass is 19.1. The number of hydrogen-bond acceptors (Lipinski definition) is 3. The zero-order valence-corrected chi connectivity index (χ0v) is 9.63. The van der Waals surface area contributed by atoms with Gasteiger partial charge in [-0.15, -0.1) is 0 Å². The maximum Gasteiger partial charge on any atom is 0.339 e. The Morgan fingerprint density at radius 2 is 1.95 bits per heavy atom. The molecular weight excluding hydrogens is 249 g/mol. The number of nitrogens with zero attached hydrogens (tertiary/aromatic N) is 1. The molecule has 0 fully saturated rings. The number of ether oxygens (including phenoxy) is 1. The summed E-state index contributed by atoms with van der Waals surface area (Å²) in [5.74, 6) is -1.77. The molecular formula is C14H8FNO3. The normalized spacial score (nSPS) is 9.68. The minimum atomic E-state index is -1.30. The van der Waals surface area contributed by atoms with Crippen molar-refractivity contribution in [2.75, 3.05) is 0 Å². The largest absolute Gasteiger partial charge is 0.478 e. The number of carbonyl (C=O) groups is 1. The second-order valence-electron chi connectivity index (χ2n) is 3.66. The Hall–Kier alpha value is -2.87. The fourth-order valence-corrected chi connectivity index (χ4v) is 1.52. The fraction of sp³-hybridized carbons (Fsp3) is 0. The Kier molecular flexibility index (Phi) is 3.44. The first kappa shape index (κ1) is 12.6. The fourth-order valence-electron chi connectivity index (χ4n) is 1.52. The van der Waals surface area contributed by atoms with Gasteiger partial charge >= 0.3 is 5.97 Å². The van der Waals surface area contributed by atoms with E-state index in [9.17, 15) is 9.18 Å². The Labute approximate surface area is 108 Å². The van der Waals surface area contributed by atoms with Crippen LogP contribution in [0.5, 0.6) is 11.5 Å². The van der Waals surface area contributed by atoms with Gasteiger partial charge in [0.2, 0.25) is 0 Å². The maximum atomic E-state index is 13.0. The molecule has 4 nitrogen and oxygen atoms in total. The molecule has 0 aliphatic rings. The van der Waals surface area contributed by atoms with Gasteiger partial charge in [-0.05, 0) is 30.3 Å². The summed E-state index contributed by atoms with van der Waals surface area (Å²) in [4.78, 5) is 11.0. The number of halogens is 1. The third-order valence-electron chi connectivity index (χ3n) is 2.40. The molecule has 2 rings (SSSR count). The van der Waals surface area contributed by atoms with Gasteiger partial charge in [0, 0.05) is 0 Å². The molecule has 0 aromatic heterocycles. The number of benzene rings is 2. The quantitative estimate of drug-likeness (QED) is 0.916. The average Bonchev–Trinajstić information content (AvgIpc) is 2.41. The molecule has 19 heavy (non-hydrogen) atoms. The Morgan fingerprint density at radius 3 is 2.63 bits per heavy atom. The summed E-state index contributed by atoms with van der Waals surface area (Å²) in [7, 11) is 0. The molecule has 0 amide bonds. The highest BCUT2D eigenvalue weighted by molar-refractivity contribution is 5.91. The highest BCUT2D eigenvalue weighted by Crippen LogP contribution is 2.28. The first-order chi connectivity index (χ1) is 9.11. The van der Waals surface area contributed by atoms with Gasteiger partial charge in [-0.25, -0.2) is 9.18 Å². The smallest absolute Gasteiger partial charge is 0.339 e. The van der Waals surface area contributed by atoms with Gasteiger partial charge in [0.1, 0.15) is 28.9 Å². The van der Waals surface area contributed by atoms with Crippen LogP contribution in [0.2, 0.25) is 0 Å². The third-order valence-corrected chi connectivity index (χ3v) is 2.40. The number of para-hydroxylation sites is 1. The van der Waals surface area contributed by atoms with Gasteiger partial charge in [0.05, 0.1) is 5.56 Å². The van der Waals surface area contributed by atoms with Crippen LogP contribution < -0.4 is 4.74 Å². The van der Waals surface area contributed by atoms with Gasteiger partial charge in [-0.3, -0.25) is 0 Å². The van der Waals surface area contributed by atoms with Crippen molar-refractivity contribution in [1.29, 1.82) is 5.26 Å². The Morgan fingerprint density at radius 1 is 1.21 bits per heavy atom. The van der Waals surface area contributed by atoms with Crippen molar-refractivity contribution in [3.63, 3.8) is 0 Å². The van der Waals surface area contributed by atoms with Crippen LogP contribution in [0, 0.1) is 17.1 Å². The standard InChI is InChI=1S/C14H8FNO3/c15-10-5-6-13(11(7-10)14(17)18)19-12-4-2-1-3-9(12)8-16/h1-7H,(H,17,18). The van der Waals surface area contributed by atoms with Crippen molar-refractivity contribution in [3.05, 3.63) is 59.4 Å². The van der Waals surface area contributed by atoms with Crippen molar-refractivity contribution in [2.24, 2.45) is 0 Å². The lowest BCUT2D eigenvalue weighted by atomic mass is 10.2. The number of carboxylic acids is 1. The third kappa shape index (κ3) is 2.69. The molecule has 0 aliphatic carbocycles. The lowest BCUT2D eigenvalue weighted by molar-refractivity contribution is 0.0693. The van der Waals surface area contributed by atoms with Gasteiger partial charge < -0.3 is 9.84 Å². The molecule has 2 aromatic rings. The molecule has 0 heterocycles. The predicted octanol–water partition coefficient (Wildman–Crippen LogP) is 3.19. The van der Waals surface area contributed by atoms with Crippen LogP contribution in [0.4, 0.5) is 4.39 Å². The molecule has 0 saturated heterocycles. The van der Waals surface area contributed by atoms with E-state index in [0.29, 0.717) is 0 Å². The molecule has 0 aliphatic heterocycles. The second-order valence-corrected chi connectivity index (χ2v) is 3.66. The minimum absolute atomic E-state index is 0.0170. The first-order valence-corrected chi connectivity index (χ1v) is 5.31. The second kappa shape index (κ2) is 5.19. The van der Waals surface area contributed by atoms with E-state index < -0.39 is 11.8 Å². The zero-order valence-electron chi connectivity index (χ0n) is 9.63. The molecule has 94 valence electrons. The van der Waals surface area contributed by atoms with Crippen LogP contribution in [-0.4, -0.2) is 11.1 Å². The summed E-state index contributed by atoms with van der Waals surface area (Å²) in [6.45, 7) is 0. The van der Waals surface area contributed by atoms with E-state index in [1.807, 2.05) is 6.07 Å². The van der Waals surface area contributed by atoms with E-state index in [1.165, 1.54) is 12.1 Å². The van der Waals surface area contributed by atoms with Crippen LogP contribution in [0.15, 0.2) is 42.5 Å². The van der Waals surface area contributed by atoms with Gasteiger partial charge in [-0.2, -0.15) is 5.26 Å². The molecule has 0 radical (unpaired) electrons.